The van der Waals surface area contributed by atoms with Crippen LogP contribution in [0.15, 0.2) is 96.0 Å². The van der Waals surface area contributed by atoms with Gasteiger partial charge in [0.15, 0.2) is 0 Å². The summed E-state index contributed by atoms with van der Waals surface area (Å²) in [5.41, 5.74) is 6.25. The van der Waals surface area contributed by atoms with Crippen molar-refractivity contribution in [2.75, 3.05) is 0 Å². The first-order valence-electron chi connectivity index (χ1n) is 12.4. The number of hydrogen-bond donors (Lipinski definition) is 1. The molecule has 0 radical (unpaired) electrons. The Kier molecular flexibility index (Phi) is 6.17. The summed E-state index contributed by atoms with van der Waals surface area (Å²) in [4.78, 5) is 9.93. The van der Waals surface area contributed by atoms with Crippen molar-refractivity contribution in [1.29, 1.82) is 0 Å². The van der Waals surface area contributed by atoms with E-state index in [-0.39, 0.29) is 39.0 Å². The van der Waals surface area contributed by atoms with Gasteiger partial charge < -0.3 is 9.84 Å². The SMILES string of the molecule is Oc1ccccc1-c1nc2c(-c3[c-]c(C4=N[C@H]5CCC[C@H]5O4)ccc3)cccc2n1-c1ccccc1.[Pt]. The van der Waals surface area contributed by atoms with Gasteiger partial charge in [-0.1, -0.05) is 53.6 Å². The molecule has 2 atom stereocenters. The van der Waals surface area contributed by atoms with Crippen LogP contribution in [0.1, 0.15) is 24.8 Å². The molecule has 7 rings (SSSR count). The average Bonchev–Trinajstić information content (AvgIpc) is 3.63. The Morgan fingerprint density at radius 3 is 2.41 bits per heavy atom. The fraction of sp³-hybridized carbons (Fsp3) is 0.161. The van der Waals surface area contributed by atoms with Crippen LogP contribution in [0.3, 0.4) is 0 Å². The summed E-state index contributed by atoms with van der Waals surface area (Å²) in [5, 5.41) is 10.7. The van der Waals surface area contributed by atoms with Crippen molar-refractivity contribution in [2.45, 2.75) is 31.4 Å². The second-order valence-corrected chi connectivity index (χ2v) is 9.36. The van der Waals surface area contributed by atoms with E-state index < -0.39 is 0 Å². The largest absolute Gasteiger partial charge is 0.507 e. The molecule has 1 N–H and O–H groups in total. The fourth-order valence-corrected chi connectivity index (χ4v) is 5.40. The molecule has 1 aliphatic heterocycles. The topological polar surface area (TPSA) is 59.6 Å². The summed E-state index contributed by atoms with van der Waals surface area (Å²) in [5.74, 6) is 1.58. The van der Waals surface area contributed by atoms with E-state index in [1.54, 1.807) is 6.07 Å². The number of aliphatic imine (C=N–C) groups is 1. The molecule has 2 aliphatic rings. The zero-order valence-electron chi connectivity index (χ0n) is 19.9. The van der Waals surface area contributed by atoms with Gasteiger partial charge in [-0.3, -0.25) is 9.56 Å². The zero-order chi connectivity index (χ0) is 24.1. The molecular formula is C31H24N3O2Pt-. The van der Waals surface area contributed by atoms with Crippen LogP contribution in [-0.4, -0.2) is 32.7 Å². The third-order valence-electron chi connectivity index (χ3n) is 7.12. The first kappa shape index (κ1) is 23.7. The Morgan fingerprint density at radius 2 is 1.57 bits per heavy atom. The van der Waals surface area contributed by atoms with E-state index >= 15 is 0 Å². The molecule has 5 nitrogen and oxygen atoms in total. The number of ether oxygens (including phenoxy) is 1. The molecule has 0 saturated heterocycles. The number of rotatable bonds is 4. The quantitative estimate of drug-likeness (QED) is 0.222. The average molecular weight is 666 g/mol. The van der Waals surface area contributed by atoms with E-state index in [4.69, 9.17) is 14.7 Å². The maximum absolute atomic E-state index is 10.7. The number of nitrogens with zero attached hydrogens (tertiary/aromatic N) is 3. The smallest absolute Gasteiger partial charge is 0.148 e. The van der Waals surface area contributed by atoms with Gasteiger partial charge in [0.1, 0.15) is 23.6 Å². The number of aromatic hydroxyl groups is 1. The van der Waals surface area contributed by atoms with Gasteiger partial charge in [-0.25, -0.2) is 4.98 Å². The van der Waals surface area contributed by atoms with Crippen LogP contribution in [0.25, 0.3) is 39.2 Å². The van der Waals surface area contributed by atoms with Gasteiger partial charge in [0.05, 0.1) is 22.6 Å². The Hall–Kier alpha value is -3.69. The standard InChI is InChI=1S/C31H24N3O2.Pt/c35-27-17-5-4-13-24(27)30-33-29-23(14-7-16-26(29)34(30)22-11-2-1-3-12-22)20-9-6-10-21(19-20)31-32-25-15-8-18-28(25)36-31;/h1-7,9-14,16-17,25,28,35H,8,15,18H2;/q-1;/t25-,28+;/m0./s1. The second-order valence-electron chi connectivity index (χ2n) is 9.36. The van der Waals surface area contributed by atoms with Crippen molar-refractivity contribution in [3.8, 4) is 34.0 Å². The first-order chi connectivity index (χ1) is 17.8. The molecule has 1 aromatic heterocycles. The molecular weight excluding hydrogens is 641 g/mol. The van der Waals surface area contributed by atoms with Gasteiger partial charge >= 0.3 is 0 Å². The summed E-state index contributed by atoms with van der Waals surface area (Å²) >= 11 is 0. The number of benzene rings is 4. The molecule has 2 heterocycles. The minimum absolute atomic E-state index is 0. The van der Waals surface area contributed by atoms with Crippen molar-refractivity contribution < 1.29 is 30.9 Å². The fourth-order valence-electron chi connectivity index (χ4n) is 5.40. The summed E-state index contributed by atoms with van der Waals surface area (Å²) in [6.45, 7) is 0. The molecule has 186 valence electrons. The monoisotopic (exact) mass is 665 g/mol. The maximum atomic E-state index is 10.7. The minimum Gasteiger partial charge on any atom is -0.507 e. The van der Waals surface area contributed by atoms with E-state index in [9.17, 15) is 5.11 Å². The zero-order valence-corrected chi connectivity index (χ0v) is 22.2. The first-order valence-corrected chi connectivity index (χ1v) is 12.4. The number of imidazole rings is 1. The third kappa shape index (κ3) is 4.08. The molecule has 0 amide bonds. The minimum atomic E-state index is 0. The van der Waals surface area contributed by atoms with Crippen molar-refractivity contribution >= 4 is 16.9 Å². The number of fused-ring (bicyclic) bond motifs is 2. The Balaban J connectivity index is 0.00000252. The van der Waals surface area contributed by atoms with Gasteiger partial charge in [-0.05, 0) is 49.6 Å². The van der Waals surface area contributed by atoms with Crippen LogP contribution in [-0.2, 0) is 25.8 Å². The second kappa shape index (κ2) is 9.64. The molecule has 0 spiro atoms. The van der Waals surface area contributed by atoms with E-state index in [1.807, 2.05) is 54.6 Å². The van der Waals surface area contributed by atoms with Crippen molar-refractivity contribution in [2.24, 2.45) is 4.99 Å². The summed E-state index contributed by atoms with van der Waals surface area (Å²) < 4.78 is 8.27. The molecule has 0 bridgehead atoms. The third-order valence-corrected chi connectivity index (χ3v) is 7.12. The predicted molar refractivity (Wildman–Crippen MR) is 141 cm³/mol. The van der Waals surface area contributed by atoms with E-state index in [0.717, 1.165) is 46.3 Å². The number of phenolic OH excluding ortho intramolecular Hbond substituents is 1. The van der Waals surface area contributed by atoms with Crippen LogP contribution in [0.2, 0.25) is 0 Å². The number of phenols is 1. The van der Waals surface area contributed by atoms with E-state index in [0.29, 0.717) is 17.3 Å². The normalized spacial score (nSPS) is 18.2. The van der Waals surface area contributed by atoms with Crippen LogP contribution >= 0.6 is 0 Å². The molecule has 6 heteroatoms. The molecule has 1 fully saturated rings. The number of para-hydroxylation sites is 3. The van der Waals surface area contributed by atoms with Gasteiger partial charge in [-0.2, -0.15) is 0 Å². The number of hydrogen-bond acceptors (Lipinski definition) is 4. The molecule has 4 aromatic carbocycles. The molecule has 1 aliphatic carbocycles. The molecule has 1 saturated carbocycles. The molecule has 0 unspecified atom stereocenters. The summed E-state index contributed by atoms with van der Waals surface area (Å²) in [6, 6.07) is 33.5. The van der Waals surface area contributed by atoms with Crippen LogP contribution < -0.4 is 0 Å². The molecule has 37 heavy (non-hydrogen) atoms. The Bertz CT molecular complexity index is 1630. The van der Waals surface area contributed by atoms with Crippen molar-refractivity contribution in [1.82, 2.24) is 9.55 Å². The number of aromatic nitrogens is 2. The van der Waals surface area contributed by atoms with Crippen molar-refractivity contribution in [3.05, 3.63) is 103 Å². The summed E-state index contributed by atoms with van der Waals surface area (Å²) in [7, 11) is 0. The van der Waals surface area contributed by atoms with E-state index in [2.05, 4.69) is 41.0 Å². The van der Waals surface area contributed by atoms with Gasteiger partial charge in [0, 0.05) is 26.8 Å². The van der Waals surface area contributed by atoms with Gasteiger partial charge in [0.2, 0.25) is 0 Å². The van der Waals surface area contributed by atoms with Gasteiger partial charge in [-0.15, -0.1) is 29.8 Å². The van der Waals surface area contributed by atoms with Crippen LogP contribution in [0, 0.1) is 6.07 Å². The summed E-state index contributed by atoms with van der Waals surface area (Å²) in [6.07, 6.45) is 3.56. The van der Waals surface area contributed by atoms with Crippen LogP contribution in [0.4, 0.5) is 0 Å². The Labute approximate surface area is 229 Å². The van der Waals surface area contributed by atoms with Crippen LogP contribution in [0.5, 0.6) is 5.75 Å². The molecule has 5 aromatic rings. The van der Waals surface area contributed by atoms with Crippen molar-refractivity contribution in [3.63, 3.8) is 0 Å². The van der Waals surface area contributed by atoms with Gasteiger partial charge in [0.25, 0.3) is 0 Å². The predicted octanol–water partition coefficient (Wildman–Crippen LogP) is 6.56. The Morgan fingerprint density at radius 1 is 0.811 bits per heavy atom. The maximum Gasteiger partial charge on any atom is 0.148 e. The van der Waals surface area contributed by atoms with E-state index in [1.165, 1.54) is 6.42 Å².